The van der Waals surface area contributed by atoms with Gasteiger partial charge in [0, 0.05) is 22.7 Å². The third kappa shape index (κ3) is 3.23. The molecule has 0 bridgehead atoms. The van der Waals surface area contributed by atoms with E-state index in [-0.39, 0.29) is 5.41 Å². The van der Waals surface area contributed by atoms with Crippen molar-refractivity contribution in [2.75, 3.05) is 0 Å². The highest BCUT2D eigenvalue weighted by atomic mass is 14.7. The van der Waals surface area contributed by atoms with Crippen molar-refractivity contribution in [1.29, 1.82) is 0 Å². The molecule has 0 amide bonds. The molecule has 1 nitrogen and oxygen atoms in total. The number of rotatable bonds is 5. The van der Waals surface area contributed by atoms with Crippen molar-refractivity contribution in [2.24, 2.45) is 0 Å². The molecule has 0 saturated heterocycles. The largest absolute Gasteiger partial charge is 0.256 e. The molecular weight excluding hydrogens is 326 g/mol. The molecule has 27 heavy (non-hydrogen) atoms. The van der Waals surface area contributed by atoms with E-state index in [2.05, 4.69) is 81.9 Å². The van der Waals surface area contributed by atoms with Crippen LogP contribution in [0.15, 0.2) is 72.9 Å². The molecule has 136 valence electrons. The summed E-state index contributed by atoms with van der Waals surface area (Å²) in [6.45, 7) is 11.0. The van der Waals surface area contributed by atoms with Crippen molar-refractivity contribution >= 4 is 0 Å². The molecule has 0 radical (unpaired) electrons. The van der Waals surface area contributed by atoms with Gasteiger partial charge in [0.15, 0.2) is 0 Å². The Bertz CT molecular complexity index is 1000. The van der Waals surface area contributed by atoms with Crippen molar-refractivity contribution in [3.05, 3.63) is 89.6 Å². The highest BCUT2D eigenvalue weighted by Crippen LogP contribution is 2.54. The Morgan fingerprint density at radius 2 is 1.78 bits per heavy atom. The van der Waals surface area contributed by atoms with Crippen LogP contribution in [0.4, 0.5) is 0 Å². The number of benzene rings is 2. The van der Waals surface area contributed by atoms with Crippen LogP contribution >= 0.6 is 0 Å². The molecule has 1 heterocycles. The van der Waals surface area contributed by atoms with E-state index in [0.717, 1.165) is 25.0 Å². The molecule has 1 heteroatoms. The summed E-state index contributed by atoms with van der Waals surface area (Å²) in [5.41, 5.74) is 10.2. The summed E-state index contributed by atoms with van der Waals surface area (Å²) in [6.07, 6.45) is 5.36. The van der Waals surface area contributed by atoms with Crippen LogP contribution < -0.4 is 0 Å². The van der Waals surface area contributed by atoms with Gasteiger partial charge in [0.2, 0.25) is 0 Å². The second-order valence-electron chi connectivity index (χ2n) is 7.99. The number of allylic oxidation sites excluding steroid dienone is 1. The summed E-state index contributed by atoms with van der Waals surface area (Å²) in [6, 6.07) is 19.7. The standard InChI is InChI=1S/C26H27N/c1-5-9-20-12-13-24(26(4)16-19(26)3)22(15-20)25-14-18(2)23(17-27-25)21-10-7-6-8-11-21/h6-8,10-15,17H,3,5,9,16H2,1-2,4H3. The van der Waals surface area contributed by atoms with Crippen LogP contribution in [0.2, 0.25) is 0 Å². The SMILES string of the molecule is C=C1CC1(C)c1ccc(CCC)cc1-c1cc(C)c(-c2ccccc2)cn1. The minimum atomic E-state index is 0.105. The highest BCUT2D eigenvalue weighted by molar-refractivity contribution is 5.74. The minimum Gasteiger partial charge on any atom is -0.256 e. The van der Waals surface area contributed by atoms with Crippen molar-refractivity contribution in [1.82, 2.24) is 4.98 Å². The van der Waals surface area contributed by atoms with Gasteiger partial charge < -0.3 is 0 Å². The third-order valence-electron chi connectivity index (χ3n) is 5.91. The van der Waals surface area contributed by atoms with Gasteiger partial charge >= 0.3 is 0 Å². The second kappa shape index (κ2) is 6.81. The molecule has 0 N–H and O–H groups in total. The molecule has 0 spiro atoms. The molecule has 3 aromatic rings. The Hall–Kier alpha value is -2.67. The molecule has 1 aliphatic carbocycles. The molecule has 1 fully saturated rings. The van der Waals surface area contributed by atoms with Crippen LogP contribution in [-0.2, 0) is 11.8 Å². The Morgan fingerprint density at radius 3 is 2.41 bits per heavy atom. The van der Waals surface area contributed by atoms with Gasteiger partial charge in [-0.3, -0.25) is 4.98 Å². The smallest absolute Gasteiger partial charge is 0.0708 e. The van der Waals surface area contributed by atoms with E-state index in [1.165, 1.54) is 39.0 Å². The van der Waals surface area contributed by atoms with Crippen LogP contribution in [0.5, 0.6) is 0 Å². The van der Waals surface area contributed by atoms with Gasteiger partial charge in [-0.25, -0.2) is 0 Å². The molecule has 1 atom stereocenters. The summed E-state index contributed by atoms with van der Waals surface area (Å²) < 4.78 is 0. The zero-order valence-corrected chi connectivity index (χ0v) is 16.5. The maximum atomic E-state index is 4.88. The zero-order valence-electron chi connectivity index (χ0n) is 16.5. The van der Waals surface area contributed by atoms with Crippen LogP contribution in [0, 0.1) is 6.92 Å². The summed E-state index contributed by atoms with van der Waals surface area (Å²) in [7, 11) is 0. The lowest BCUT2D eigenvalue weighted by Crippen LogP contribution is -2.05. The number of pyridine rings is 1. The van der Waals surface area contributed by atoms with E-state index in [1.807, 2.05) is 6.20 Å². The summed E-state index contributed by atoms with van der Waals surface area (Å²) in [5, 5.41) is 0. The Morgan fingerprint density at radius 1 is 1.04 bits per heavy atom. The van der Waals surface area contributed by atoms with E-state index < -0.39 is 0 Å². The van der Waals surface area contributed by atoms with Gasteiger partial charge in [0.25, 0.3) is 0 Å². The first-order valence-electron chi connectivity index (χ1n) is 9.87. The van der Waals surface area contributed by atoms with Gasteiger partial charge in [0.1, 0.15) is 0 Å². The summed E-state index contributed by atoms with van der Waals surface area (Å²) in [5.74, 6) is 0. The first-order valence-corrected chi connectivity index (χ1v) is 9.87. The summed E-state index contributed by atoms with van der Waals surface area (Å²) >= 11 is 0. The van der Waals surface area contributed by atoms with Crippen molar-refractivity contribution in [3.8, 4) is 22.4 Å². The third-order valence-corrected chi connectivity index (χ3v) is 5.91. The van der Waals surface area contributed by atoms with Crippen molar-refractivity contribution in [3.63, 3.8) is 0 Å². The molecule has 4 rings (SSSR count). The molecule has 1 aliphatic rings. The summed E-state index contributed by atoms with van der Waals surface area (Å²) in [4.78, 5) is 4.88. The van der Waals surface area contributed by atoms with Gasteiger partial charge in [-0.2, -0.15) is 0 Å². The Kier molecular flexibility index (Phi) is 4.47. The fourth-order valence-electron chi connectivity index (χ4n) is 4.02. The zero-order chi connectivity index (χ0) is 19.0. The highest BCUT2D eigenvalue weighted by Gasteiger charge is 2.45. The monoisotopic (exact) mass is 353 g/mol. The fraction of sp³-hybridized carbons (Fsp3) is 0.269. The maximum absolute atomic E-state index is 4.88. The quantitative estimate of drug-likeness (QED) is 0.455. The molecule has 0 aliphatic heterocycles. The van der Waals surface area contributed by atoms with Crippen LogP contribution in [-0.4, -0.2) is 4.98 Å². The predicted octanol–water partition coefficient (Wildman–Crippen LogP) is 6.89. The van der Waals surface area contributed by atoms with Gasteiger partial charge in [-0.1, -0.05) is 74.9 Å². The maximum Gasteiger partial charge on any atom is 0.0708 e. The predicted molar refractivity (Wildman–Crippen MR) is 115 cm³/mol. The second-order valence-corrected chi connectivity index (χ2v) is 7.99. The van der Waals surface area contributed by atoms with Crippen LogP contribution in [0.25, 0.3) is 22.4 Å². The topological polar surface area (TPSA) is 12.9 Å². The van der Waals surface area contributed by atoms with Crippen molar-refractivity contribution < 1.29 is 0 Å². The van der Waals surface area contributed by atoms with Gasteiger partial charge in [-0.05, 0) is 54.2 Å². The number of hydrogen-bond acceptors (Lipinski definition) is 1. The lowest BCUT2D eigenvalue weighted by Gasteiger charge is -2.17. The Labute approximate surface area is 162 Å². The number of aromatic nitrogens is 1. The first kappa shape index (κ1) is 17.7. The van der Waals surface area contributed by atoms with Gasteiger partial charge in [0.05, 0.1) is 5.69 Å². The lowest BCUT2D eigenvalue weighted by molar-refractivity contribution is 0.820. The van der Waals surface area contributed by atoms with Gasteiger partial charge in [-0.15, -0.1) is 0 Å². The minimum absolute atomic E-state index is 0.105. The van der Waals surface area contributed by atoms with E-state index in [4.69, 9.17) is 4.98 Å². The lowest BCUT2D eigenvalue weighted by atomic mass is 9.88. The Balaban J connectivity index is 1.81. The molecular formula is C26H27N. The van der Waals surface area contributed by atoms with E-state index in [1.54, 1.807) is 0 Å². The first-order chi connectivity index (χ1) is 13.0. The van der Waals surface area contributed by atoms with Crippen LogP contribution in [0.3, 0.4) is 0 Å². The molecule has 1 unspecified atom stereocenters. The number of aryl methyl sites for hydroxylation is 2. The molecule has 2 aromatic carbocycles. The average molecular weight is 354 g/mol. The average Bonchev–Trinajstić information content (AvgIpc) is 3.30. The van der Waals surface area contributed by atoms with Crippen molar-refractivity contribution in [2.45, 2.75) is 45.4 Å². The van der Waals surface area contributed by atoms with E-state index in [0.29, 0.717) is 0 Å². The number of nitrogens with zero attached hydrogens (tertiary/aromatic N) is 1. The van der Waals surface area contributed by atoms with Crippen LogP contribution in [0.1, 0.15) is 43.4 Å². The van der Waals surface area contributed by atoms with E-state index in [9.17, 15) is 0 Å². The normalized spacial score (nSPS) is 18.6. The fourth-order valence-corrected chi connectivity index (χ4v) is 4.02. The molecule has 1 saturated carbocycles. The van der Waals surface area contributed by atoms with E-state index >= 15 is 0 Å². The number of hydrogen-bond donors (Lipinski definition) is 0. The molecule has 1 aromatic heterocycles.